The average Bonchev–Trinajstić information content (AvgIpc) is 3.25. The smallest absolute Gasteiger partial charge is 0.251 e. The molecule has 0 unspecified atom stereocenters. The molecule has 0 aliphatic heterocycles. The maximum absolute atomic E-state index is 12.2. The summed E-state index contributed by atoms with van der Waals surface area (Å²) in [6.07, 6.45) is 6.02. The number of carbonyl (C=O) groups excluding carboxylic acids is 1. The molecule has 0 aromatic heterocycles. The van der Waals surface area contributed by atoms with Crippen molar-refractivity contribution in [1.82, 2.24) is 5.32 Å². The molecule has 1 aromatic carbocycles. The van der Waals surface area contributed by atoms with E-state index in [1.54, 1.807) is 0 Å². The van der Waals surface area contributed by atoms with Crippen molar-refractivity contribution in [1.29, 1.82) is 0 Å². The van der Waals surface area contributed by atoms with E-state index in [9.17, 15) is 13.2 Å². The van der Waals surface area contributed by atoms with Crippen LogP contribution < -0.4 is 11.1 Å². The molecular formula is C15H20N2O3S. The van der Waals surface area contributed by atoms with E-state index in [-0.39, 0.29) is 16.5 Å². The quantitative estimate of drug-likeness (QED) is 0.808. The second kappa shape index (κ2) is 4.73. The molecule has 0 heterocycles. The van der Waals surface area contributed by atoms with E-state index in [1.807, 2.05) is 0 Å². The zero-order chi connectivity index (χ0) is 15.3. The number of anilines is 1. The van der Waals surface area contributed by atoms with E-state index in [1.165, 1.54) is 43.9 Å². The van der Waals surface area contributed by atoms with Gasteiger partial charge in [-0.3, -0.25) is 4.79 Å². The van der Waals surface area contributed by atoms with E-state index in [4.69, 9.17) is 5.73 Å². The number of hydrogen-bond acceptors (Lipinski definition) is 4. The summed E-state index contributed by atoms with van der Waals surface area (Å²) in [5.74, 6) is 0.518. The third-order valence-electron chi connectivity index (χ3n) is 4.56. The normalized spacial score (nSPS) is 20.0. The second-order valence-electron chi connectivity index (χ2n) is 6.38. The molecule has 21 heavy (non-hydrogen) atoms. The molecule has 2 saturated carbocycles. The van der Waals surface area contributed by atoms with E-state index < -0.39 is 9.84 Å². The number of hydrogen-bond donors (Lipinski definition) is 2. The minimum atomic E-state index is -3.38. The van der Waals surface area contributed by atoms with Gasteiger partial charge in [-0.25, -0.2) is 8.42 Å². The fourth-order valence-corrected chi connectivity index (χ4v) is 3.60. The van der Waals surface area contributed by atoms with Gasteiger partial charge in [0.25, 0.3) is 5.91 Å². The topological polar surface area (TPSA) is 89.3 Å². The number of nitrogens with one attached hydrogen (secondary N) is 1. The van der Waals surface area contributed by atoms with Crippen LogP contribution in [0.4, 0.5) is 5.69 Å². The first kappa shape index (κ1) is 14.4. The van der Waals surface area contributed by atoms with Crippen LogP contribution in [0.2, 0.25) is 0 Å². The molecule has 6 heteroatoms. The molecule has 0 saturated heterocycles. The monoisotopic (exact) mass is 308 g/mol. The van der Waals surface area contributed by atoms with Crippen molar-refractivity contribution in [3.8, 4) is 0 Å². The van der Waals surface area contributed by atoms with Crippen molar-refractivity contribution in [2.24, 2.45) is 11.3 Å². The molecule has 0 radical (unpaired) electrons. The van der Waals surface area contributed by atoms with Gasteiger partial charge in [0.05, 0.1) is 4.90 Å². The average molecular weight is 308 g/mol. The van der Waals surface area contributed by atoms with Crippen LogP contribution in [0.1, 0.15) is 36.0 Å². The van der Waals surface area contributed by atoms with Gasteiger partial charge in [0.15, 0.2) is 9.84 Å². The Bertz CT molecular complexity index is 689. The molecule has 0 bridgehead atoms. The van der Waals surface area contributed by atoms with E-state index in [2.05, 4.69) is 5.32 Å². The first-order valence-electron chi connectivity index (χ1n) is 7.19. The summed E-state index contributed by atoms with van der Waals surface area (Å²) in [7, 11) is -3.38. The Hall–Kier alpha value is -1.56. The zero-order valence-corrected chi connectivity index (χ0v) is 12.9. The van der Waals surface area contributed by atoms with Gasteiger partial charge in [-0.2, -0.15) is 0 Å². The number of sulfone groups is 1. The fourth-order valence-electron chi connectivity index (χ4n) is 2.91. The van der Waals surface area contributed by atoms with Crippen molar-refractivity contribution in [3.63, 3.8) is 0 Å². The predicted octanol–water partition coefficient (Wildman–Crippen LogP) is 1.59. The predicted molar refractivity (Wildman–Crippen MR) is 80.7 cm³/mol. The van der Waals surface area contributed by atoms with Gasteiger partial charge in [-0.15, -0.1) is 0 Å². The van der Waals surface area contributed by atoms with Crippen molar-refractivity contribution in [2.45, 2.75) is 30.6 Å². The summed E-state index contributed by atoms with van der Waals surface area (Å²) < 4.78 is 23.2. The van der Waals surface area contributed by atoms with Crippen LogP contribution in [0.25, 0.3) is 0 Å². The molecule has 0 spiro atoms. The van der Waals surface area contributed by atoms with Gasteiger partial charge in [-0.05, 0) is 55.2 Å². The molecular weight excluding hydrogens is 288 g/mol. The number of benzene rings is 1. The van der Waals surface area contributed by atoms with Crippen molar-refractivity contribution < 1.29 is 13.2 Å². The summed E-state index contributed by atoms with van der Waals surface area (Å²) in [6, 6.07) is 4.27. The Labute approximate surface area is 124 Å². The molecule has 1 amide bonds. The SMILES string of the molecule is CS(=O)(=O)c1cc(N)cc(C(=O)NCC2(C3CC3)CC2)c1. The Morgan fingerprint density at radius 2 is 2.00 bits per heavy atom. The van der Waals surface area contributed by atoms with Crippen molar-refractivity contribution >= 4 is 21.4 Å². The molecule has 5 nitrogen and oxygen atoms in total. The number of nitrogens with two attached hydrogens (primary N) is 1. The Kier molecular flexibility index (Phi) is 3.24. The Balaban J connectivity index is 1.73. The van der Waals surface area contributed by atoms with Crippen LogP contribution in [0.15, 0.2) is 23.1 Å². The number of carbonyl (C=O) groups is 1. The van der Waals surface area contributed by atoms with Crippen LogP contribution >= 0.6 is 0 Å². The van der Waals surface area contributed by atoms with Gasteiger partial charge in [0.2, 0.25) is 0 Å². The van der Waals surface area contributed by atoms with Crippen LogP contribution in [0.5, 0.6) is 0 Å². The molecule has 2 aliphatic carbocycles. The van der Waals surface area contributed by atoms with Crippen LogP contribution in [0, 0.1) is 11.3 Å². The van der Waals surface area contributed by atoms with Crippen LogP contribution in [-0.4, -0.2) is 27.1 Å². The molecule has 3 N–H and O–H groups in total. The highest BCUT2D eigenvalue weighted by Crippen LogP contribution is 2.60. The fraction of sp³-hybridized carbons (Fsp3) is 0.533. The van der Waals surface area contributed by atoms with Gasteiger partial charge in [0.1, 0.15) is 0 Å². The van der Waals surface area contributed by atoms with E-state index in [0.717, 1.165) is 12.2 Å². The standard InChI is InChI=1S/C15H20N2O3S/c1-21(19,20)13-7-10(6-12(16)8-13)14(18)17-9-15(4-5-15)11-2-3-11/h6-8,11H,2-5,9,16H2,1H3,(H,17,18). The summed E-state index contributed by atoms with van der Waals surface area (Å²) in [5.41, 5.74) is 6.61. The molecule has 0 atom stereocenters. The highest BCUT2D eigenvalue weighted by atomic mass is 32.2. The maximum Gasteiger partial charge on any atom is 0.251 e. The van der Waals surface area contributed by atoms with Gasteiger partial charge in [0, 0.05) is 24.1 Å². The van der Waals surface area contributed by atoms with E-state index in [0.29, 0.717) is 17.5 Å². The van der Waals surface area contributed by atoms with Crippen LogP contribution in [0.3, 0.4) is 0 Å². The van der Waals surface area contributed by atoms with Crippen LogP contribution in [-0.2, 0) is 9.84 Å². The van der Waals surface area contributed by atoms with Gasteiger partial charge < -0.3 is 11.1 Å². The number of rotatable bonds is 5. The highest BCUT2D eigenvalue weighted by Gasteiger charge is 2.53. The lowest BCUT2D eigenvalue weighted by Crippen LogP contribution is -2.31. The Morgan fingerprint density at radius 3 is 2.52 bits per heavy atom. The van der Waals surface area contributed by atoms with Crippen molar-refractivity contribution in [2.75, 3.05) is 18.5 Å². The third kappa shape index (κ3) is 3.05. The lowest BCUT2D eigenvalue weighted by molar-refractivity contribution is 0.0942. The minimum Gasteiger partial charge on any atom is -0.399 e. The first-order valence-corrected chi connectivity index (χ1v) is 9.08. The second-order valence-corrected chi connectivity index (χ2v) is 8.40. The molecule has 3 rings (SSSR count). The number of amides is 1. The zero-order valence-electron chi connectivity index (χ0n) is 12.1. The largest absolute Gasteiger partial charge is 0.399 e. The molecule has 2 aliphatic rings. The van der Waals surface area contributed by atoms with E-state index >= 15 is 0 Å². The maximum atomic E-state index is 12.2. The summed E-state index contributed by atoms with van der Waals surface area (Å²) in [6.45, 7) is 0.680. The molecule has 1 aromatic rings. The lowest BCUT2D eigenvalue weighted by atomic mass is 10.0. The third-order valence-corrected chi connectivity index (χ3v) is 5.65. The number of nitrogen functional groups attached to an aromatic ring is 1. The van der Waals surface area contributed by atoms with Gasteiger partial charge >= 0.3 is 0 Å². The van der Waals surface area contributed by atoms with Crippen molar-refractivity contribution in [3.05, 3.63) is 23.8 Å². The summed E-state index contributed by atoms with van der Waals surface area (Å²) in [5, 5.41) is 2.94. The lowest BCUT2D eigenvalue weighted by Gasteiger charge is -2.15. The first-order chi connectivity index (χ1) is 9.80. The highest BCUT2D eigenvalue weighted by molar-refractivity contribution is 7.90. The Morgan fingerprint density at radius 1 is 1.33 bits per heavy atom. The molecule has 2 fully saturated rings. The molecule has 114 valence electrons. The van der Waals surface area contributed by atoms with Gasteiger partial charge in [-0.1, -0.05) is 0 Å². The summed E-state index contributed by atoms with van der Waals surface area (Å²) >= 11 is 0. The minimum absolute atomic E-state index is 0.0796. The summed E-state index contributed by atoms with van der Waals surface area (Å²) in [4.78, 5) is 12.3.